The van der Waals surface area contributed by atoms with Crippen molar-refractivity contribution in [3.05, 3.63) is 29.8 Å². The topological polar surface area (TPSA) is 72.2 Å². The maximum atomic E-state index is 12.2. The molecule has 2 atom stereocenters. The second kappa shape index (κ2) is 7.28. The number of nitrogens with two attached hydrogens (primary N) is 1. The predicted molar refractivity (Wildman–Crippen MR) is 81.8 cm³/mol. The van der Waals surface area contributed by atoms with Gasteiger partial charge in [-0.25, -0.2) is 13.1 Å². The standard InChI is InChI=1S/C13H22N2O2S2/c1-4-13(14)11-6-5-7-12(8-11)19(16,17)15-9-10(2)18-3/h5-8,10,13,15H,4,9,14H2,1-3H3. The van der Waals surface area contributed by atoms with Crippen LogP contribution in [0.2, 0.25) is 0 Å². The Morgan fingerprint density at radius 2 is 2.11 bits per heavy atom. The number of hydrogen-bond donors (Lipinski definition) is 2. The molecular weight excluding hydrogens is 280 g/mol. The molecule has 2 unspecified atom stereocenters. The van der Waals surface area contributed by atoms with Crippen LogP contribution in [0, 0.1) is 0 Å². The Bertz CT molecular complexity index is 503. The molecular formula is C13H22N2O2S2. The number of nitrogens with one attached hydrogen (secondary N) is 1. The van der Waals surface area contributed by atoms with Gasteiger partial charge in [0.1, 0.15) is 0 Å². The average Bonchev–Trinajstić information content (AvgIpc) is 2.44. The summed E-state index contributed by atoms with van der Waals surface area (Å²) in [6, 6.07) is 6.72. The third-order valence-corrected chi connectivity index (χ3v) is 5.39. The zero-order valence-corrected chi connectivity index (χ0v) is 13.2. The summed E-state index contributed by atoms with van der Waals surface area (Å²) < 4.78 is 26.9. The van der Waals surface area contributed by atoms with Crippen molar-refractivity contribution in [1.82, 2.24) is 4.72 Å². The van der Waals surface area contributed by atoms with E-state index in [4.69, 9.17) is 5.73 Å². The number of sulfonamides is 1. The van der Waals surface area contributed by atoms with Crippen molar-refractivity contribution >= 4 is 21.8 Å². The van der Waals surface area contributed by atoms with E-state index < -0.39 is 10.0 Å². The molecule has 0 aliphatic carbocycles. The van der Waals surface area contributed by atoms with Gasteiger partial charge in [-0.3, -0.25) is 0 Å². The first-order valence-corrected chi connectivity index (χ1v) is 9.05. The molecule has 108 valence electrons. The second-order valence-corrected chi connectivity index (χ2v) is 7.53. The Morgan fingerprint density at radius 1 is 1.42 bits per heavy atom. The molecule has 4 nitrogen and oxygen atoms in total. The molecule has 0 aliphatic rings. The van der Waals surface area contributed by atoms with Gasteiger partial charge in [-0.15, -0.1) is 0 Å². The highest BCUT2D eigenvalue weighted by Crippen LogP contribution is 2.18. The van der Waals surface area contributed by atoms with Crippen molar-refractivity contribution in [3.63, 3.8) is 0 Å². The molecule has 0 aliphatic heterocycles. The fourth-order valence-electron chi connectivity index (χ4n) is 1.54. The number of rotatable bonds is 7. The Morgan fingerprint density at radius 3 is 2.68 bits per heavy atom. The van der Waals surface area contributed by atoms with Gasteiger partial charge in [-0.2, -0.15) is 11.8 Å². The molecule has 0 spiro atoms. The monoisotopic (exact) mass is 302 g/mol. The van der Waals surface area contributed by atoms with Crippen molar-refractivity contribution in [2.24, 2.45) is 5.73 Å². The number of hydrogen-bond acceptors (Lipinski definition) is 4. The molecule has 0 aromatic heterocycles. The van der Waals surface area contributed by atoms with Gasteiger partial charge in [0.05, 0.1) is 4.90 Å². The Balaban J connectivity index is 2.89. The van der Waals surface area contributed by atoms with Crippen molar-refractivity contribution in [3.8, 4) is 0 Å². The lowest BCUT2D eigenvalue weighted by Crippen LogP contribution is -2.29. The van der Waals surface area contributed by atoms with Crippen LogP contribution in [-0.2, 0) is 10.0 Å². The van der Waals surface area contributed by atoms with Crippen LogP contribution in [0.25, 0.3) is 0 Å². The van der Waals surface area contributed by atoms with Gasteiger partial charge in [0.2, 0.25) is 10.0 Å². The normalized spacial score (nSPS) is 15.2. The van der Waals surface area contributed by atoms with E-state index >= 15 is 0 Å². The quantitative estimate of drug-likeness (QED) is 0.809. The summed E-state index contributed by atoms with van der Waals surface area (Å²) in [7, 11) is -3.45. The summed E-state index contributed by atoms with van der Waals surface area (Å²) in [5.74, 6) is 0. The average molecular weight is 302 g/mol. The molecule has 3 N–H and O–H groups in total. The molecule has 0 saturated heterocycles. The first-order chi connectivity index (χ1) is 8.90. The largest absolute Gasteiger partial charge is 0.324 e. The van der Waals surface area contributed by atoms with Gasteiger partial charge < -0.3 is 5.73 Å². The Labute approximate surface area is 120 Å². The maximum absolute atomic E-state index is 12.2. The SMILES string of the molecule is CCC(N)c1cccc(S(=O)(=O)NCC(C)SC)c1. The lowest BCUT2D eigenvalue weighted by Gasteiger charge is -2.13. The maximum Gasteiger partial charge on any atom is 0.240 e. The van der Waals surface area contributed by atoms with Gasteiger partial charge in [-0.05, 0) is 30.4 Å². The molecule has 0 radical (unpaired) electrons. The van der Waals surface area contributed by atoms with E-state index in [0.29, 0.717) is 6.54 Å². The van der Waals surface area contributed by atoms with Gasteiger partial charge in [-0.1, -0.05) is 26.0 Å². The summed E-state index contributed by atoms with van der Waals surface area (Å²) in [5.41, 5.74) is 6.78. The van der Waals surface area contributed by atoms with Gasteiger partial charge in [0.15, 0.2) is 0 Å². The Kier molecular flexibility index (Phi) is 6.32. The number of thioether (sulfide) groups is 1. The number of benzene rings is 1. The minimum atomic E-state index is -3.45. The highest BCUT2D eigenvalue weighted by molar-refractivity contribution is 7.99. The van der Waals surface area contributed by atoms with Crippen LogP contribution >= 0.6 is 11.8 Å². The van der Waals surface area contributed by atoms with Crippen molar-refractivity contribution < 1.29 is 8.42 Å². The van der Waals surface area contributed by atoms with Gasteiger partial charge >= 0.3 is 0 Å². The van der Waals surface area contributed by atoms with Crippen LogP contribution in [0.4, 0.5) is 0 Å². The molecule has 0 heterocycles. The fourth-order valence-corrected chi connectivity index (χ4v) is 3.08. The smallest absolute Gasteiger partial charge is 0.240 e. The molecule has 0 fully saturated rings. The van der Waals surface area contributed by atoms with E-state index in [1.165, 1.54) is 0 Å². The first kappa shape index (κ1) is 16.5. The molecule has 0 bridgehead atoms. The summed E-state index contributed by atoms with van der Waals surface area (Å²) >= 11 is 1.63. The highest BCUT2D eigenvalue weighted by atomic mass is 32.2. The highest BCUT2D eigenvalue weighted by Gasteiger charge is 2.16. The van der Waals surface area contributed by atoms with Gasteiger partial charge in [0, 0.05) is 17.8 Å². The zero-order valence-electron chi connectivity index (χ0n) is 11.6. The fraction of sp³-hybridized carbons (Fsp3) is 0.538. The van der Waals surface area contributed by atoms with E-state index in [1.54, 1.807) is 30.0 Å². The van der Waals surface area contributed by atoms with Crippen LogP contribution in [0.3, 0.4) is 0 Å². The summed E-state index contributed by atoms with van der Waals surface area (Å²) in [4.78, 5) is 0.280. The van der Waals surface area contributed by atoms with Crippen LogP contribution in [-0.4, -0.2) is 26.5 Å². The second-order valence-electron chi connectivity index (χ2n) is 4.49. The van der Waals surface area contributed by atoms with Crippen LogP contribution in [0.1, 0.15) is 31.9 Å². The lowest BCUT2D eigenvalue weighted by atomic mass is 10.1. The molecule has 19 heavy (non-hydrogen) atoms. The van der Waals surface area contributed by atoms with E-state index in [2.05, 4.69) is 4.72 Å². The van der Waals surface area contributed by atoms with Crippen LogP contribution in [0.15, 0.2) is 29.2 Å². The molecule has 1 aromatic carbocycles. The Hall–Kier alpha value is -0.560. The van der Waals surface area contributed by atoms with E-state index in [1.807, 2.05) is 26.2 Å². The minimum Gasteiger partial charge on any atom is -0.324 e. The molecule has 0 amide bonds. The first-order valence-electron chi connectivity index (χ1n) is 6.28. The third kappa shape index (κ3) is 4.80. The van der Waals surface area contributed by atoms with E-state index in [0.717, 1.165) is 12.0 Å². The molecule has 6 heteroatoms. The molecule has 1 aromatic rings. The van der Waals surface area contributed by atoms with Crippen molar-refractivity contribution in [2.75, 3.05) is 12.8 Å². The van der Waals surface area contributed by atoms with E-state index in [-0.39, 0.29) is 16.2 Å². The summed E-state index contributed by atoms with van der Waals surface area (Å²) in [6.07, 6.45) is 2.74. The summed E-state index contributed by atoms with van der Waals surface area (Å²) in [6.45, 7) is 4.38. The molecule has 1 rings (SSSR count). The summed E-state index contributed by atoms with van der Waals surface area (Å²) in [5, 5.41) is 0.246. The van der Waals surface area contributed by atoms with Gasteiger partial charge in [0.25, 0.3) is 0 Å². The van der Waals surface area contributed by atoms with Crippen molar-refractivity contribution in [2.45, 2.75) is 36.5 Å². The van der Waals surface area contributed by atoms with E-state index in [9.17, 15) is 8.42 Å². The van der Waals surface area contributed by atoms with Crippen LogP contribution in [0.5, 0.6) is 0 Å². The zero-order chi connectivity index (χ0) is 14.5. The molecule has 0 saturated carbocycles. The predicted octanol–water partition coefficient (Wildman–Crippen LogP) is 2.13. The van der Waals surface area contributed by atoms with Crippen molar-refractivity contribution in [1.29, 1.82) is 0 Å². The minimum absolute atomic E-state index is 0.125. The van der Waals surface area contributed by atoms with Crippen LogP contribution < -0.4 is 10.5 Å². The third-order valence-electron chi connectivity index (χ3n) is 3.00. The lowest BCUT2D eigenvalue weighted by molar-refractivity contribution is 0.581.